The molecule has 0 aliphatic carbocycles. The number of amides is 3. The molecule has 3 amide bonds. The van der Waals surface area contributed by atoms with Crippen LogP contribution in [0.2, 0.25) is 0 Å². The van der Waals surface area contributed by atoms with Crippen molar-refractivity contribution < 1.29 is 14.4 Å². The summed E-state index contributed by atoms with van der Waals surface area (Å²) >= 11 is 0. The molecule has 5 heteroatoms. The van der Waals surface area contributed by atoms with Crippen LogP contribution in [0, 0.1) is 6.92 Å². The van der Waals surface area contributed by atoms with Crippen molar-refractivity contribution in [2.45, 2.75) is 26.3 Å². The summed E-state index contributed by atoms with van der Waals surface area (Å²) in [5, 5.41) is 2.24. The van der Waals surface area contributed by atoms with Gasteiger partial charge in [-0.15, -0.1) is 0 Å². The van der Waals surface area contributed by atoms with Crippen LogP contribution in [0.15, 0.2) is 24.3 Å². The number of benzene rings is 1. The van der Waals surface area contributed by atoms with Crippen molar-refractivity contribution in [1.82, 2.24) is 10.2 Å². The first-order valence-electron chi connectivity index (χ1n) is 6.05. The maximum Gasteiger partial charge on any atom is 0.255 e. The predicted octanol–water partition coefficient (Wildman–Crippen LogP) is 0.872. The highest BCUT2D eigenvalue weighted by Crippen LogP contribution is 2.21. The molecule has 1 N–H and O–H groups in total. The summed E-state index contributed by atoms with van der Waals surface area (Å²) in [4.78, 5) is 37.0. The van der Waals surface area contributed by atoms with Gasteiger partial charge in [0.2, 0.25) is 5.91 Å². The zero-order valence-corrected chi connectivity index (χ0v) is 11.2. The van der Waals surface area contributed by atoms with Crippen LogP contribution in [0.5, 0.6) is 0 Å². The molecule has 1 saturated heterocycles. The Morgan fingerprint density at radius 2 is 1.79 bits per heavy atom. The average Bonchev–Trinajstić information content (AvgIpc) is 2.34. The Labute approximate surface area is 111 Å². The van der Waals surface area contributed by atoms with E-state index in [1.807, 2.05) is 19.1 Å². The summed E-state index contributed by atoms with van der Waals surface area (Å²) in [6, 6.07) is 7.05. The van der Waals surface area contributed by atoms with Gasteiger partial charge in [0, 0.05) is 5.56 Å². The Balaban J connectivity index is 2.33. The fraction of sp³-hybridized carbons (Fsp3) is 0.357. The van der Waals surface area contributed by atoms with E-state index in [2.05, 4.69) is 5.32 Å². The predicted molar refractivity (Wildman–Crippen MR) is 69.4 cm³/mol. The molecule has 0 aromatic heterocycles. The van der Waals surface area contributed by atoms with Crippen LogP contribution >= 0.6 is 0 Å². The minimum atomic E-state index is -1.03. The highest BCUT2D eigenvalue weighted by molar-refractivity contribution is 6.08. The largest absolute Gasteiger partial charge is 0.315 e. The van der Waals surface area contributed by atoms with Gasteiger partial charge in [-0.1, -0.05) is 17.7 Å². The molecule has 1 aliphatic heterocycles. The fourth-order valence-corrected chi connectivity index (χ4v) is 1.96. The molecule has 19 heavy (non-hydrogen) atoms. The zero-order valence-electron chi connectivity index (χ0n) is 11.2. The second kappa shape index (κ2) is 4.50. The van der Waals surface area contributed by atoms with Gasteiger partial charge in [0.1, 0.15) is 12.1 Å². The van der Waals surface area contributed by atoms with Crippen molar-refractivity contribution in [2.75, 3.05) is 6.54 Å². The van der Waals surface area contributed by atoms with Gasteiger partial charge in [-0.05, 0) is 32.9 Å². The highest BCUT2D eigenvalue weighted by atomic mass is 16.2. The van der Waals surface area contributed by atoms with Crippen molar-refractivity contribution in [3.8, 4) is 0 Å². The van der Waals surface area contributed by atoms with E-state index < -0.39 is 17.4 Å². The summed E-state index contributed by atoms with van der Waals surface area (Å²) in [7, 11) is 0. The Bertz CT molecular complexity index is 546. The number of nitrogens with one attached hydrogen (secondary N) is 1. The van der Waals surface area contributed by atoms with Gasteiger partial charge >= 0.3 is 0 Å². The van der Waals surface area contributed by atoms with Gasteiger partial charge in [0.15, 0.2) is 0 Å². The third-order valence-electron chi connectivity index (χ3n) is 3.33. The minimum absolute atomic E-state index is 0.106. The molecule has 0 atom stereocenters. The zero-order chi connectivity index (χ0) is 14.2. The fourth-order valence-electron chi connectivity index (χ4n) is 1.96. The number of piperazine rings is 1. The van der Waals surface area contributed by atoms with Crippen LogP contribution in [-0.2, 0) is 9.59 Å². The van der Waals surface area contributed by atoms with Crippen LogP contribution in [0.4, 0.5) is 0 Å². The molecule has 1 aliphatic rings. The van der Waals surface area contributed by atoms with E-state index in [1.165, 1.54) is 4.90 Å². The first-order chi connectivity index (χ1) is 8.82. The van der Waals surface area contributed by atoms with Crippen molar-refractivity contribution >= 4 is 17.7 Å². The van der Waals surface area contributed by atoms with Crippen molar-refractivity contribution in [3.63, 3.8) is 0 Å². The second-order valence-corrected chi connectivity index (χ2v) is 5.19. The Kier molecular flexibility index (Phi) is 3.14. The molecule has 0 unspecified atom stereocenters. The first kappa shape index (κ1) is 13.3. The molecule has 1 heterocycles. The number of carbonyl (C=O) groups excluding carboxylic acids is 3. The van der Waals surface area contributed by atoms with Crippen LogP contribution in [0.3, 0.4) is 0 Å². The van der Waals surface area contributed by atoms with E-state index in [4.69, 9.17) is 0 Å². The molecular formula is C14H16N2O3. The lowest BCUT2D eigenvalue weighted by Crippen LogP contribution is -2.65. The molecule has 1 aromatic carbocycles. The number of nitrogens with zero attached hydrogens (tertiary/aromatic N) is 1. The maximum absolute atomic E-state index is 12.4. The van der Waals surface area contributed by atoms with Gasteiger partial charge in [0.05, 0.1) is 0 Å². The van der Waals surface area contributed by atoms with Gasteiger partial charge in [-0.2, -0.15) is 0 Å². The molecule has 2 rings (SSSR count). The molecular weight excluding hydrogens is 244 g/mol. The van der Waals surface area contributed by atoms with Crippen LogP contribution in [-0.4, -0.2) is 34.7 Å². The monoisotopic (exact) mass is 260 g/mol. The van der Waals surface area contributed by atoms with E-state index in [1.54, 1.807) is 26.0 Å². The third kappa shape index (κ3) is 2.36. The number of hydrogen-bond acceptors (Lipinski definition) is 3. The smallest absolute Gasteiger partial charge is 0.255 e. The lowest BCUT2D eigenvalue weighted by molar-refractivity contribution is -0.143. The molecule has 0 spiro atoms. The van der Waals surface area contributed by atoms with E-state index in [-0.39, 0.29) is 12.5 Å². The quantitative estimate of drug-likeness (QED) is 0.762. The van der Waals surface area contributed by atoms with Gasteiger partial charge in [0.25, 0.3) is 11.8 Å². The number of imide groups is 1. The van der Waals surface area contributed by atoms with Crippen LogP contribution in [0.1, 0.15) is 29.8 Å². The standard InChI is InChI=1S/C14H16N2O3/c1-9-4-6-10(7-5-9)12(18)16-8-11(17)15-13(19)14(16,2)3/h4-7H,8H2,1-3H3,(H,15,17,19). The number of aryl methyl sites for hydroxylation is 1. The number of carbonyl (C=O) groups is 3. The van der Waals surface area contributed by atoms with Gasteiger partial charge in [-0.25, -0.2) is 0 Å². The molecule has 100 valence electrons. The van der Waals surface area contributed by atoms with Crippen molar-refractivity contribution in [3.05, 3.63) is 35.4 Å². The highest BCUT2D eigenvalue weighted by Gasteiger charge is 2.43. The maximum atomic E-state index is 12.4. The van der Waals surface area contributed by atoms with Crippen LogP contribution < -0.4 is 5.32 Å². The van der Waals surface area contributed by atoms with Crippen LogP contribution in [0.25, 0.3) is 0 Å². The summed E-state index contributed by atoms with van der Waals surface area (Å²) in [6.45, 7) is 5.07. The first-order valence-corrected chi connectivity index (χ1v) is 6.05. The number of rotatable bonds is 1. The lowest BCUT2D eigenvalue weighted by Gasteiger charge is -2.40. The molecule has 0 radical (unpaired) electrons. The summed E-state index contributed by atoms with van der Waals surface area (Å²) < 4.78 is 0. The molecule has 5 nitrogen and oxygen atoms in total. The van der Waals surface area contributed by atoms with E-state index in [0.717, 1.165) is 5.56 Å². The van der Waals surface area contributed by atoms with E-state index in [9.17, 15) is 14.4 Å². The van der Waals surface area contributed by atoms with Gasteiger partial charge in [-0.3, -0.25) is 19.7 Å². The molecule has 0 bridgehead atoms. The minimum Gasteiger partial charge on any atom is -0.315 e. The van der Waals surface area contributed by atoms with E-state index in [0.29, 0.717) is 5.56 Å². The SMILES string of the molecule is Cc1ccc(C(=O)N2CC(=O)NC(=O)C2(C)C)cc1. The molecule has 1 fully saturated rings. The van der Waals surface area contributed by atoms with Crippen molar-refractivity contribution in [2.24, 2.45) is 0 Å². The normalized spacial score (nSPS) is 18.2. The Morgan fingerprint density at radius 3 is 2.37 bits per heavy atom. The Hall–Kier alpha value is -2.17. The third-order valence-corrected chi connectivity index (χ3v) is 3.33. The summed E-state index contributed by atoms with van der Waals surface area (Å²) in [5.41, 5.74) is 0.486. The molecule has 1 aromatic rings. The van der Waals surface area contributed by atoms with Crippen molar-refractivity contribution in [1.29, 1.82) is 0 Å². The van der Waals surface area contributed by atoms with E-state index >= 15 is 0 Å². The number of hydrogen-bond donors (Lipinski definition) is 1. The lowest BCUT2D eigenvalue weighted by atomic mass is 9.97. The van der Waals surface area contributed by atoms with Gasteiger partial charge < -0.3 is 4.90 Å². The summed E-state index contributed by atoms with van der Waals surface area (Å²) in [6.07, 6.45) is 0. The Morgan fingerprint density at radius 1 is 1.21 bits per heavy atom. The topological polar surface area (TPSA) is 66.5 Å². The molecule has 0 saturated carbocycles. The summed E-state index contributed by atoms with van der Waals surface area (Å²) in [5.74, 6) is -1.22. The second-order valence-electron chi connectivity index (χ2n) is 5.19. The average molecular weight is 260 g/mol.